The Morgan fingerprint density at radius 3 is 2.64 bits per heavy atom. The third-order valence-corrected chi connectivity index (χ3v) is 2.69. The number of esters is 1. The third kappa shape index (κ3) is 4.08. The summed E-state index contributed by atoms with van der Waals surface area (Å²) in [6, 6.07) is 5.86. The lowest BCUT2D eigenvalue weighted by Crippen LogP contribution is -2.21. The number of aromatic nitrogens is 1. The number of carbonyl (C=O) groups excluding carboxylic acids is 2. The largest absolute Gasteiger partial charge is 0.452 e. The minimum absolute atomic E-state index is 0.195. The minimum Gasteiger partial charge on any atom is -0.452 e. The summed E-state index contributed by atoms with van der Waals surface area (Å²) < 4.78 is 30.8. The van der Waals surface area contributed by atoms with Gasteiger partial charge in [0.25, 0.3) is 5.91 Å². The van der Waals surface area contributed by atoms with Crippen LogP contribution in [0.2, 0.25) is 0 Å². The number of pyridine rings is 1. The van der Waals surface area contributed by atoms with Crippen LogP contribution in [0.25, 0.3) is 0 Å². The highest BCUT2D eigenvalue weighted by molar-refractivity contribution is 5.95. The van der Waals surface area contributed by atoms with Gasteiger partial charge in [0.1, 0.15) is 11.6 Å². The molecule has 7 heteroatoms. The van der Waals surface area contributed by atoms with Crippen molar-refractivity contribution in [2.45, 2.75) is 6.92 Å². The van der Waals surface area contributed by atoms with E-state index in [1.165, 1.54) is 12.3 Å². The number of ether oxygens (including phenoxy) is 1. The molecule has 1 N–H and O–H groups in total. The van der Waals surface area contributed by atoms with E-state index in [4.69, 9.17) is 4.74 Å². The first-order valence-corrected chi connectivity index (χ1v) is 6.30. The number of amides is 1. The van der Waals surface area contributed by atoms with Crippen molar-refractivity contribution in [3.05, 3.63) is 59.4 Å². The van der Waals surface area contributed by atoms with E-state index in [1.807, 2.05) is 0 Å². The molecule has 0 bridgehead atoms. The molecule has 0 unspecified atom stereocenters. The molecule has 1 amide bonds. The maximum atomic E-state index is 13.3. The van der Waals surface area contributed by atoms with E-state index in [9.17, 15) is 18.4 Å². The number of hydrogen-bond donors (Lipinski definition) is 1. The van der Waals surface area contributed by atoms with Gasteiger partial charge in [-0.2, -0.15) is 0 Å². The molecule has 22 heavy (non-hydrogen) atoms. The summed E-state index contributed by atoms with van der Waals surface area (Å²) in [6.07, 6.45) is 1.33. The Morgan fingerprint density at radius 2 is 2.00 bits per heavy atom. The van der Waals surface area contributed by atoms with Gasteiger partial charge in [0.15, 0.2) is 6.61 Å². The second kappa shape index (κ2) is 6.75. The van der Waals surface area contributed by atoms with Crippen LogP contribution in [0.15, 0.2) is 36.5 Å². The fraction of sp³-hybridized carbons (Fsp3) is 0.133. The van der Waals surface area contributed by atoms with E-state index in [2.05, 4.69) is 10.3 Å². The van der Waals surface area contributed by atoms with E-state index in [1.54, 1.807) is 13.0 Å². The molecule has 1 aromatic carbocycles. The van der Waals surface area contributed by atoms with Gasteiger partial charge >= 0.3 is 5.97 Å². The van der Waals surface area contributed by atoms with Gasteiger partial charge in [-0.05, 0) is 31.2 Å². The van der Waals surface area contributed by atoms with Crippen molar-refractivity contribution in [3.63, 3.8) is 0 Å². The van der Waals surface area contributed by atoms with Crippen LogP contribution in [0.4, 0.5) is 14.5 Å². The molecular weight excluding hydrogens is 294 g/mol. The molecule has 0 aliphatic carbocycles. The van der Waals surface area contributed by atoms with Crippen LogP contribution in [-0.4, -0.2) is 23.5 Å². The number of benzene rings is 1. The maximum absolute atomic E-state index is 13.3. The molecule has 1 aromatic heterocycles. The van der Waals surface area contributed by atoms with Gasteiger partial charge in [-0.1, -0.05) is 0 Å². The number of halogens is 2. The van der Waals surface area contributed by atoms with Crippen LogP contribution in [0.1, 0.15) is 16.1 Å². The average Bonchev–Trinajstić information content (AvgIpc) is 2.48. The summed E-state index contributed by atoms with van der Waals surface area (Å²) in [5.74, 6) is -3.13. The molecule has 5 nitrogen and oxygen atoms in total. The fourth-order valence-electron chi connectivity index (χ4n) is 1.58. The molecule has 0 saturated heterocycles. The zero-order valence-electron chi connectivity index (χ0n) is 11.6. The highest BCUT2D eigenvalue weighted by Gasteiger charge is 2.12. The van der Waals surface area contributed by atoms with Crippen LogP contribution in [-0.2, 0) is 9.53 Å². The van der Waals surface area contributed by atoms with Gasteiger partial charge in [-0.15, -0.1) is 0 Å². The minimum atomic E-state index is -0.914. The molecular formula is C15H12F2N2O3. The van der Waals surface area contributed by atoms with Crippen molar-refractivity contribution in [3.8, 4) is 0 Å². The molecule has 2 aromatic rings. The summed E-state index contributed by atoms with van der Waals surface area (Å²) in [7, 11) is 0. The van der Waals surface area contributed by atoms with E-state index in [0.717, 1.165) is 17.8 Å². The molecule has 0 saturated carbocycles. The number of rotatable bonds is 4. The molecule has 0 atom stereocenters. The van der Waals surface area contributed by atoms with Crippen LogP contribution in [0, 0.1) is 18.6 Å². The SMILES string of the molecule is Cc1ccc(C(=O)OCC(=O)Nc2ccc(F)cc2F)cn1. The Labute approximate surface area is 124 Å². The van der Waals surface area contributed by atoms with Crippen LogP contribution in [0.5, 0.6) is 0 Å². The van der Waals surface area contributed by atoms with Gasteiger partial charge in [-0.25, -0.2) is 13.6 Å². The number of hydrogen-bond acceptors (Lipinski definition) is 4. The molecule has 0 radical (unpaired) electrons. The monoisotopic (exact) mass is 306 g/mol. The fourth-order valence-corrected chi connectivity index (χ4v) is 1.58. The predicted octanol–water partition coefficient (Wildman–Crippen LogP) is 2.46. The number of aryl methyl sites for hydroxylation is 1. The zero-order chi connectivity index (χ0) is 16.1. The van der Waals surface area contributed by atoms with Crippen LogP contribution < -0.4 is 5.32 Å². The molecule has 2 rings (SSSR count). The smallest absolute Gasteiger partial charge is 0.340 e. The van der Waals surface area contributed by atoms with Gasteiger partial charge in [0, 0.05) is 18.0 Å². The highest BCUT2D eigenvalue weighted by Crippen LogP contribution is 2.14. The molecule has 0 fully saturated rings. The Hall–Kier alpha value is -2.83. The number of nitrogens with one attached hydrogen (secondary N) is 1. The number of anilines is 1. The van der Waals surface area contributed by atoms with Crippen molar-refractivity contribution in [1.82, 2.24) is 4.98 Å². The molecule has 0 spiro atoms. The molecule has 0 aliphatic rings. The third-order valence-electron chi connectivity index (χ3n) is 2.69. The van der Waals surface area contributed by atoms with Gasteiger partial charge in [0.05, 0.1) is 11.3 Å². The lowest BCUT2D eigenvalue weighted by atomic mass is 10.2. The summed E-state index contributed by atoms with van der Waals surface area (Å²) in [4.78, 5) is 27.2. The van der Waals surface area contributed by atoms with Crippen LogP contribution in [0.3, 0.4) is 0 Å². The van der Waals surface area contributed by atoms with Crippen molar-refractivity contribution < 1.29 is 23.1 Å². The summed E-state index contributed by atoms with van der Waals surface area (Å²) in [6.45, 7) is 1.17. The number of carbonyl (C=O) groups is 2. The van der Waals surface area contributed by atoms with Gasteiger partial charge in [0.2, 0.25) is 0 Å². The first-order chi connectivity index (χ1) is 10.5. The first-order valence-electron chi connectivity index (χ1n) is 6.30. The summed E-state index contributed by atoms with van der Waals surface area (Å²) in [5, 5.41) is 2.18. The topological polar surface area (TPSA) is 68.3 Å². The second-order valence-electron chi connectivity index (χ2n) is 4.44. The number of nitrogens with zero attached hydrogens (tertiary/aromatic N) is 1. The van der Waals surface area contributed by atoms with Crippen molar-refractivity contribution in [2.75, 3.05) is 11.9 Å². The predicted molar refractivity (Wildman–Crippen MR) is 74.2 cm³/mol. The Morgan fingerprint density at radius 1 is 1.23 bits per heavy atom. The molecule has 0 aliphatic heterocycles. The lowest BCUT2D eigenvalue weighted by Gasteiger charge is -2.07. The van der Waals surface area contributed by atoms with Gasteiger partial charge < -0.3 is 10.1 Å². The van der Waals surface area contributed by atoms with Crippen molar-refractivity contribution in [1.29, 1.82) is 0 Å². The van der Waals surface area contributed by atoms with E-state index < -0.39 is 30.1 Å². The summed E-state index contributed by atoms with van der Waals surface area (Å²) >= 11 is 0. The zero-order valence-corrected chi connectivity index (χ0v) is 11.6. The first kappa shape index (κ1) is 15.6. The molecule has 114 valence electrons. The Kier molecular flexibility index (Phi) is 4.77. The normalized spacial score (nSPS) is 10.1. The van der Waals surface area contributed by atoms with Crippen molar-refractivity contribution in [2.24, 2.45) is 0 Å². The summed E-state index contributed by atoms with van der Waals surface area (Å²) in [5.41, 5.74) is 0.742. The van der Waals surface area contributed by atoms with E-state index in [0.29, 0.717) is 6.07 Å². The Balaban J connectivity index is 1.89. The average molecular weight is 306 g/mol. The quantitative estimate of drug-likeness (QED) is 0.881. The maximum Gasteiger partial charge on any atom is 0.340 e. The van der Waals surface area contributed by atoms with E-state index >= 15 is 0 Å². The van der Waals surface area contributed by atoms with E-state index in [-0.39, 0.29) is 11.3 Å². The van der Waals surface area contributed by atoms with Gasteiger partial charge in [-0.3, -0.25) is 9.78 Å². The molecule has 1 heterocycles. The standard InChI is InChI=1S/C15H12F2N2O3/c1-9-2-3-10(7-18-9)15(21)22-8-14(20)19-13-5-4-11(16)6-12(13)17/h2-7H,8H2,1H3,(H,19,20). The lowest BCUT2D eigenvalue weighted by molar-refractivity contribution is -0.119. The Bertz CT molecular complexity index is 702. The highest BCUT2D eigenvalue weighted by atomic mass is 19.1. The van der Waals surface area contributed by atoms with Crippen molar-refractivity contribution >= 4 is 17.6 Å². The second-order valence-corrected chi connectivity index (χ2v) is 4.44. The van der Waals surface area contributed by atoms with Crippen LogP contribution >= 0.6 is 0 Å².